The summed E-state index contributed by atoms with van der Waals surface area (Å²) in [5.74, 6) is -2.11. The van der Waals surface area contributed by atoms with Crippen molar-refractivity contribution in [1.29, 1.82) is 0 Å². The fourth-order valence-electron chi connectivity index (χ4n) is 2.50. The standard InChI is InChI=1S/C19H13BrF7NO2/c1-17(21,9-15(29)28-16(30)10-2-4-14(20)5-3-10)11-6-12(18(22,23)24)8-13(7-11)19(25,26)27/h2-8H,9H2,1H3,(H,28,29,30)/t17-/m0/s1. The van der Waals surface area contributed by atoms with E-state index in [0.29, 0.717) is 11.4 Å². The van der Waals surface area contributed by atoms with Crippen LogP contribution in [0.15, 0.2) is 46.9 Å². The van der Waals surface area contributed by atoms with E-state index in [0.717, 1.165) is 0 Å². The van der Waals surface area contributed by atoms with Crippen molar-refractivity contribution in [1.82, 2.24) is 5.32 Å². The van der Waals surface area contributed by atoms with E-state index in [-0.39, 0.29) is 23.8 Å². The first kappa shape index (κ1) is 23.8. The second-order valence-electron chi connectivity index (χ2n) is 6.55. The molecular weight excluding hydrogens is 487 g/mol. The summed E-state index contributed by atoms with van der Waals surface area (Å²) < 4.78 is 93.4. The Labute approximate surface area is 174 Å². The van der Waals surface area contributed by atoms with Crippen LogP contribution in [0.5, 0.6) is 0 Å². The highest BCUT2D eigenvalue weighted by atomic mass is 79.9. The molecule has 3 nitrogen and oxygen atoms in total. The van der Waals surface area contributed by atoms with Crippen molar-refractivity contribution in [3.63, 3.8) is 0 Å². The van der Waals surface area contributed by atoms with Gasteiger partial charge in [0.15, 0.2) is 0 Å². The predicted octanol–water partition coefficient (Wildman–Crippen LogP) is 6.02. The summed E-state index contributed by atoms with van der Waals surface area (Å²) in [4.78, 5) is 24.0. The zero-order valence-corrected chi connectivity index (χ0v) is 16.7. The molecule has 11 heteroatoms. The number of alkyl halides is 7. The molecule has 0 aromatic heterocycles. The van der Waals surface area contributed by atoms with Gasteiger partial charge in [0.2, 0.25) is 5.91 Å². The molecule has 0 radical (unpaired) electrons. The molecule has 2 aromatic rings. The zero-order valence-electron chi connectivity index (χ0n) is 15.1. The van der Waals surface area contributed by atoms with Gasteiger partial charge in [-0.15, -0.1) is 0 Å². The van der Waals surface area contributed by atoms with E-state index in [9.17, 15) is 35.9 Å². The third kappa shape index (κ3) is 6.04. The molecule has 1 atom stereocenters. The van der Waals surface area contributed by atoms with Crippen LogP contribution in [0.4, 0.5) is 30.7 Å². The number of imide groups is 1. The van der Waals surface area contributed by atoms with Gasteiger partial charge in [0.05, 0.1) is 17.5 Å². The molecule has 0 fully saturated rings. The zero-order chi connectivity index (χ0) is 22.9. The fourth-order valence-corrected chi connectivity index (χ4v) is 2.77. The van der Waals surface area contributed by atoms with Crippen LogP contribution >= 0.6 is 15.9 Å². The van der Waals surface area contributed by atoms with Crippen molar-refractivity contribution >= 4 is 27.7 Å². The summed E-state index contributed by atoms with van der Waals surface area (Å²) >= 11 is 3.14. The van der Waals surface area contributed by atoms with Crippen LogP contribution in [-0.4, -0.2) is 11.8 Å². The highest BCUT2D eigenvalue weighted by molar-refractivity contribution is 9.10. The lowest BCUT2D eigenvalue weighted by Crippen LogP contribution is -2.35. The molecule has 0 heterocycles. The van der Waals surface area contributed by atoms with Crippen molar-refractivity contribution < 1.29 is 40.3 Å². The number of carbonyl (C=O) groups is 2. The third-order valence-electron chi connectivity index (χ3n) is 4.04. The van der Waals surface area contributed by atoms with Crippen molar-refractivity contribution in [2.75, 3.05) is 0 Å². The van der Waals surface area contributed by atoms with Gasteiger partial charge in [-0.3, -0.25) is 14.9 Å². The number of hydrogen-bond acceptors (Lipinski definition) is 2. The van der Waals surface area contributed by atoms with Gasteiger partial charge < -0.3 is 0 Å². The molecule has 0 bridgehead atoms. The average Bonchev–Trinajstić information content (AvgIpc) is 2.59. The molecule has 0 spiro atoms. The topological polar surface area (TPSA) is 46.2 Å². The highest BCUT2D eigenvalue weighted by Crippen LogP contribution is 2.40. The Morgan fingerprint density at radius 1 is 0.833 bits per heavy atom. The Morgan fingerprint density at radius 2 is 1.27 bits per heavy atom. The maximum Gasteiger partial charge on any atom is 0.416 e. The molecule has 30 heavy (non-hydrogen) atoms. The number of halogens is 8. The monoisotopic (exact) mass is 499 g/mol. The van der Waals surface area contributed by atoms with Gasteiger partial charge in [-0.05, 0) is 55.0 Å². The summed E-state index contributed by atoms with van der Waals surface area (Å²) in [6, 6.07) is 5.97. The van der Waals surface area contributed by atoms with Gasteiger partial charge in [0.25, 0.3) is 5.91 Å². The molecule has 0 saturated carbocycles. The lowest BCUT2D eigenvalue weighted by Gasteiger charge is -2.23. The van der Waals surface area contributed by atoms with Gasteiger partial charge in [-0.2, -0.15) is 26.3 Å². The Hall–Kier alpha value is -2.43. The van der Waals surface area contributed by atoms with E-state index in [1.807, 2.05) is 5.32 Å². The number of amides is 2. The summed E-state index contributed by atoms with van der Waals surface area (Å²) in [6.07, 6.45) is -11.5. The summed E-state index contributed by atoms with van der Waals surface area (Å²) in [6.45, 7) is 0.659. The van der Waals surface area contributed by atoms with Crippen LogP contribution in [0.25, 0.3) is 0 Å². The average molecular weight is 500 g/mol. The summed E-state index contributed by atoms with van der Waals surface area (Å²) in [7, 11) is 0. The van der Waals surface area contributed by atoms with Crippen LogP contribution in [0.2, 0.25) is 0 Å². The largest absolute Gasteiger partial charge is 0.416 e. The molecule has 0 aliphatic heterocycles. The quantitative estimate of drug-likeness (QED) is 0.523. The number of benzene rings is 2. The Balaban J connectivity index is 2.28. The first-order valence-corrected chi connectivity index (χ1v) is 8.97. The van der Waals surface area contributed by atoms with Crippen molar-refractivity contribution in [3.05, 3.63) is 69.2 Å². The SMILES string of the molecule is C[C@](F)(CC(=O)NC(=O)c1ccc(Br)cc1)c1cc(C(F)(F)F)cc(C(F)(F)F)c1. The number of rotatable bonds is 4. The van der Waals surface area contributed by atoms with Crippen molar-refractivity contribution in [2.45, 2.75) is 31.4 Å². The highest BCUT2D eigenvalue weighted by Gasteiger charge is 2.40. The maximum absolute atomic E-state index is 15.0. The molecule has 1 N–H and O–H groups in total. The summed E-state index contributed by atoms with van der Waals surface area (Å²) in [5, 5.41) is 1.85. The number of hydrogen-bond donors (Lipinski definition) is 1. The minimum atomic E-state index is -5.16. The van der Waals surface area contributed by atoms with Crippen LogP contribution in [-0.2, 0) is 22.8 Å². The van der Waals surface area contributed by atoms with Gasteiger partial charge in [-0.1, -0.05) is 15.9 Å². The maximum atomic E-state index is 15.0. The molecule has 0 aliphatic carbocycles. The molecule has 0 unspecified atom stereocenters. The summed E-state index contributed by atoms with van der Waals surface area (Å²) in [5.41, 5.74) is -7.27. The number of nitrogens with one attached hydrogen (secondary N) is 1. The van der Waals surface area contributed by atoms with Gasteiger partial charge >= 0.3 is 12.4 Å². The predicted molar refractivity (Wildman–Crippen MR) is 96.1 cm³/mol. The first-order chi connectivity index (χ1) is 13.6. The van der Waals surface area contributed by atoms with E-state index >= 15 is 4.39 Å². The molecule has 2 rings (SSSR count). The van der Waals surface area contributed by atoms with Gasteiger partial charge in [0.1, 0.15) is 5.67 Å². The van der Waals surface area contributed by atoms with Crippen molar-refractivity contribution in [2.24, 2.45) is 0 Å². The minimum Gasteiger partial charge on any atom is -0.292 e. The Bertz CT molecular complexity index is 919. The van der Waals surface area contributed by atoms with Crippen molar-refractivity contribution in [3.8, 4) is 0 Å². The smallest absolute Gasteiger partial charge is 0.292 e. The normalized spacial score (nSPS) is 14.2. The fraction of sp³-hybridized carbons (Fsp3) is 0.263. The molecule has 2 amide bonds. The van der Waals surface area contributed by atoms with Crippen LogP contribution < -0.4 is 5.32 Å². The van der Waals surface area contributed by atoms with E-state index in [4.69, 9.17) is 0 Å². The van der Waals surface area contributed by atoms with E-state index in [2.05, 4.69) is 15.9 Å². The van der Waals surface area contributed by atoms with Crippen LogP contribution in [0.3, 0.4) is 0 Å². The van der Waals surface area contributed by atoms with Crippen LogP contribution in [0, 0.1) is 0 Å². The van der Waals surface area contributed by atoms with E-state index < -0.39 is 52.9 Å². The second-order valence-corrected chi connectivity index (χ2v) is 7.47. The lowest BCUT2D eigenvalue weighted by atomic mass is 9.90. The Kier molecular flexibility index (Phi) is 6.65. The van der Waals surface area contributed by atoms with Gasteiger partial charge in [0, 0.05) is 10.0 Å². The number of carbonyl (C=O) groups excluding carboxylic acids is 2. The molecule has 0 saturated heterocycles. The minimum absolute atomic E-state index is 0.0468. The Morgan fingerprint density at radius 3 is 1.70 bits per heavy atom. The van der Waals surface area contributed by atoms with Crippen LogP contribution in [0.1, 0.15) is 40.4 Å². The van der Waals surface area contributed by atoms with E-state index in [1.54, 1.807) is 0 Å². The van der Waals surface area contributed by atoms with Gasteiger partial charge in [-0.25, -0.2) is 4.39 Å². The third-order valence-corrected chi connectivity index (χ3v) is 4.57. The lowest BCUT2D eigenvalue weighted by molar-refractivity contribution is -0.143. The molecule has 2 aromatic carbocycles. The molecule has 162 valence electrons. The second kappa shape index (κ2) is 8.37. The first-order valence-electron chi connectivity index (χ1n) is 8.18. The van der Waals surface area contributed by atoms with E-state index in [1.165, 1.54) is 24.3 Å². The molecule has 0 aliphatic rings. The molecular formula is C19H13BrF7NO2.